The molecule has 11 heteroatoms. The Bertz CT molecular complexity index is 1280. The molecule has 2 aromatic rings. The van der Waals surface area contributed by atoms with Crippen LogP contribution in [0.25, 0.3) is 0 Å². The number of carbonyl (C=O) groups excluding carboxylic acids is 2. The molecule has 0 aromatic heterocycles. The van der Waals surface area contributed by atoms with Gasteiger partial charge in [-0.05, 0) is 56.0 Å². The maximum atomic E-state index is 14.0. The Morgan fingerprint density at radius 3 is 2.33 bits per heavy atom. The number of sulfonamides is 1. The quantitative estimate of drug-likeness (QED) is 0.434. The molecule has 2 amide bonds. The smallest absolute Gasteiger partial charge is 0.244 e. The highest BCUT2D eigenvalue weighted by Gasteiger charge is 2.33. The normalized spacial score (nSPS) is 16.2. The second-order valence-corrected chi connectivity index (χ2v) is 12.3. The Kier molecular flexibility index (Phi) is 9.89. The SMILES string of the molecule is CCC(C(=O)NC1CCCCC1)N(Cc1ccc(F)cc1)C(=O)CN(c1ccc2c(c1)OCCO2)S(=O)(=O)CC. The zero-order valence-corrected chi connectivity index (χ0v) is 23.9. The van der Waals surface area contributed by atoms with Crippen molar-refractivity contribution < 1.29 is 31.9 Å². The number of amides is 2. The molecule has 4 rings (SSSR count). The molecule has 2 aliphatic rings. The van der Waals surface area contributed by atoms with E-state index >= 15 is 0 Å². The molecule has 0 saturated heterocycles. The van der Waals surface area contributed by atoms with Crippen LogP contribution in [0.4, 0.5) is 10.1 Å². The van der Waals surface area contributed by atoms with Crippen LogP contribution in [0.15, 0.2) is 42.5 Å². The summed E-state index contributed by atoms with van der Waals surface area (Å²) in [5.41, 5.74) is 0.892. The molecule has 1 unspecified atom stereocenters. The van der Waals surface area contributed by atoms with E-state index in [2.05, 4.69) is 5.32 Å². The summed E-state index contributed by atoms with van der Waals surface area (Å²) in [6, 6.07) is 9.67. The minimum Gasteiger partial charge on any atom is -0.486 e. The summed E-state index contributed by atoms with van der Waals surface area (Å²) >= 11 is 0. The number of nitrogens with one attached hydrogen (secondary N) is 1. The summed E-state index contributed by atoms with van der Waals surface area (Å²) in [5.74, 6) is -0.558. The maximum Gasteiger partial charge on any atom is 0.244 e. The average molecular weight is 576 g/mol. The molecule has 2 aromatic carbocycles. The molecule has 40 heavy (non-hydrogen) atoms. The predicted molar refractivity (Wildman–Crippen MR) is 150 cm³/mol. The average Bonchev–Trinajstić information content (AvgIpc) is 2.97. The predicted octanol–water partition coefficient (Wildman–Crippen LogP) is 4.01. The number of carbonyl (C=O) groups is 2. The van der Waals surface area contributed by atoms with Crippen molar-refractivity contribution in [1.82, 2.24) is 10.2 Å². The molecule has 1 fully saturated rings. The van der Waals surface area contributed by atoms with Gasteiger partial charge in [-0.15, -0.1) is 0 Å². The molecule has 1 saturated carbocycles. The second kappa shape index (κ2) is 13.3. The van der Waals surface area contributed by atoms with Crippen LogP contribution in [-0.4, -0.2) is 62.7 Å². The van der Waals surface area contributed by atoms with Gasteiger partial charge in [0, 0.05) is 18.7 Å². The number of anilines is 1. The van der Waals surface area contributed by atoms with Crippen LogP contribution in [0.1, 0.15) is 57.9 Å². The molecular weight excluding hydrogens is 537 g/mol. The number of hydrogen-bond donors (Lipinski definition) is 1. The lowest BCUT2D eigenvalue weighted by Gasteiger charge is -2.34. The van der Waals surface area contributed by atoms with Crippen molar-refractivity contribution in [2.45, 2.75) is 71.0 Å². The third kappa shape index (κ3) is 7.24. The molecule has 0 bridgehead atoms. The minimum absolute atomic E-state index is 0.0247. The number of nitrogens with zero attached hydrogens (tertiary/aromatic N) is 2. The third-order valence-corrected chi connectivity index (χ3v) is 9.14. The van der Waals surface area contributed by atoms with E-state index in [1.165, 1.54) is 24.0 Å². The number of hydrogen-bond acceptors (Lipinski definition) is 6. The molecule has 1 aliphatic heterocycles. The fraction of sp³-hybridized carbons (Fsp3) is 0.517. The highest BCUT2D eigenvalue weighted by molar-refractivity contribution is 7.92. The molecule has 0 spiro atoms. The van der Waals surface area contributed by atoms with E-state index < -0.39 is 34.3 Å². The van der Waals surface area contributed by atoms with Crippen molar-refractivity contribution in [2.75, 3.05) is 29.8 Å². The van der Waals surface area contributed by atoms with Crippen LogP contribution in [-0.2, 0) is 26.2 Å². The Hall–Kier alpha value is -3.34. The number of halogens is 1. The van der Waals surface area contributed by atoms with Gasteiger partial charge >= 0.3 is 0 Å². The molecule has 1 atom stereocenters. The number of benzene rings is 2. The molecule has 1 N–H and O–H groups in total. The summed E-state index contributed by atoms with van der Waals surface area (Å²) in [6.07, 6.45) is 5.33. The maximum absolute atomic E-state index is 14.0. The number of fused-ring (bicyclic) bond motifs is 1. The van der Waals surface area contributed by atoms with Crippen molar-refractivity contribution in [2.24, 2.45) is 0 Å². The highest BCUT2D eigenvalue weighted by Crippen LogP contribution is 2.35. The standard InChI is InChI=1S/C29H38FN3O6S/c1-3-25(29(35)31-23-8-6-5-7-9-23)32(19-21-10-12-22(30)13-11-21)28(34)20-33(40(36,37)4-2)24-14-15-26-27(18-24)39-17-16-38-26/h10-15,18,23,25H,3-9,16-17,19-20H2,1-2H3,(H,31,35). The van der Waals surface area contributed by atoms with Crippen LogP contribution in [0.3, 0.4) is 0 Å². The van der Waals surface area contributed by atoms with Gasteiger partial charge in [0.15, 0.2) is 11.5 Å². The van der Waals surface area contributed by atoms with Crippen molar-refractivity contribution in [1.29, 1.82) is 0 Å². The molecule has 0 radical (unpaired) electrons. The van der Waals surface area contributed by atoms with Gasteiger partial charge in [-0.25, -0.2) is 12.8 Å². The third-order valence-electron chi connectivity index (χ3n) is 7.40. The first-order chi connectivity index (χ1) is 19.2. The lowest BCUT2D eigenvalue weighted by molar-refractivity contribution is -0.140. The molecule has 1 heterocycles. The van der Waals surface area contributed by atoms with E-state index in [9.17, 15) is 22.4 Å². The summed E-state index contributed by atoms with van der Waals surface area (Å²) in [6.45, 7) is 3.56. The first-order valence-corrected chi connectivity index (χ1v) is 15.6. The molecule has 9 nitrogen and oxygen atoms in total. The Morgan fingerprint density at radius 1 is 1.00 bits per heavy atom. The Morgan fingerprint density at radius 2 is 1.68 bits per heavy atom. The molecular formula is C29H38FN3O6S. The van der Waals surface area contributed by atoms with Gasteiger partial charge in [0.1, 0.15) is 31.6 Å². The van der Waals surface area contributed by atoms with Crippen LogP contribution in [0.5, 0.6) is 11.5 Å². The Balaban J connectivity index is 1.64. The highest BCUT2D eigenvalue weighted by atomic mass is 32.2. The zero-order chi connectivity index (χ0) is 28.7. The van der Waals surface area contributed by atoms with Gasteiger partial charge in [0.25, 0.3) is 0 Å². The fourth-order valence-corrected chi connectivity index (χ4v) is 6.21. The van der Waals surface area contributed by atoms with Crippen LogP contribution < -0.4 is 19.1 Å². The molecule has 1 aliphatic carbocycles. The van der Waals surface area contributed by atoms with Gasteiger partial charge in [-0.1, -0.05) is 38.3 Å². The summed E-state index contributed by atoms with van der Waals surface area (Å²) in [7, 11) is -3.88. The van der Waals surface area contributed by atoms with E-state index in [1.54, 1.807) is 30.3 Å². The van der Waals surface area contributed by atoms with Gasteiger partial charge in [-0.3, -0.25) is 13.9 Å². The first-order valence-electron chi connectivity index (χ1n) is 14.0. The molecule has 218 valence electrons. The first kappa shape index (κ1) is 29.6. The zero-order valence-electron chi connectivity index (χ0n) is 23.1. The van der Waals surface area contributed by atoms with Crippen molar-refractivity contribution in [3.63, 3.8) is 0 Å². The van der Waals surface area contributed by atoms with Crippen molar-refractivity contribution >= 4 is 27.5 Å². The summed E-state index contributed by atoms with van der Waals surface area (Å²) in [5, 5.41) is 3.11. The lowest BCUT2D eigenvalue weighted by atomic mass is 9.95. The van der Waals surface area contributed by atoms with Gasteiger partial charge in [0.2, 0.25) is 21.8 Å². The number of rotatable bonds is 11. The second-order valence-electron chi connectivity index (χ2n) is 10.2. The van der Waals surface area contributed by atoms with Crippen LogP contribution >= 0.6 is 0 Å². The van der Waals surface area contributed by atoms with E-state index in [4.69, 9.17) is 9.47 Å². The fourth-order valence-electron chi connectivity index (χ4n) is 5.16. The summed E-state index contributed by atoms with van der Waals surface area (Å²) < 4.78 is 52.3. The van der Waals surface area contributed by atoms with E-state index in [1.807, 2.05) is 6.92 Å². The topological polar surface area (TPSA) is 105 Å². The van der Waals surface area contributed by atoms with Gasteiger partial charge in [0.05, 0.1) is 11.4 Å². The van der Waals surface area contributed by atoms with Gasteiger partial charge in [-0.2, -0.15) is 0 Å². The summed E-state index contributed by atoms with van der Waals surface area (Å²) in [4.78, 5) is 28.8. The van der Waals surface area contributed by atoms with Crippen molar-refractivity contribution in [3.8, 4) is 11.5 Å². The van der Waals surface area contributed by atoms with E-state index in [0.717, 1.165) is 36.4 Å². The van der Waals surface area contributed by atoms with Crippen molar-refractivity contribution in [3.05, 3.63) is 53.8 Å². The lowest BCUT2D eigenvalue weighted by Crippen LogP contribution is -2.54. The van der Waals surface area contributed by atoms with Gasteiger partial charge < -0.3 is 19.7 Å². The number of ether oxygens (including phenoxy) is 2. The van der Waals surface area contributed by atoms with E-state index in [0.29, 0.717) is 36.7 Å². The monoisotopic (exact) mass is 575 g/mol. The Labute approximate surface area is 235 Å². The van der Waals surface area contributed by atoms with E-state index in [-0.39, 0.29) is 29.9 Å². The largest absolute Gasteiger partial charge is 0.486 e. The minimum atomic E-state index is -3.88. The van der Waals surface area contributed by atoms with Crippen LogP contribution in [0, 0.1) is 5.82 Å². The van der Waals surface area contributed by atoms with Crippen LogP contribution in [0.2, 0.25) is 0 Å².